The molecular formula is C19H19Cl2N3O. The van der Waals surface area contributed by atoms with Gasteiger partial charge in [-0.05, 0) is 56.3 Å². The monoisotopic (exact) mass is 375 g/mol. The Morgan fingerprint density at radius 2 is 1.88 bits per heavy atom. The first-order valence-corrected chi connectivity index (χ1v) is 8.75. The van der Waals surface area contributed by atoms with Crippen LogP contribution in [0.4, 0.5) is 5.69 Å². The highest BCUT2D eigenvalue weighted by atomic mass is 35.5. The van der Waals surface area contributed by atoms with Gasteiger partial charge in [0.15, 0.2) is 0 Å². The minimum Gasteiger partial charge on any atom is -0.456 e. The van der Waals surface area contributed by atoms with Crippen LogP contribution in [0.3, 0.4) is 0 Å². The maximum absolute atomic E-state index is 6.44. The molecule has 130 valence electrons. The van der Waals surface area contributed by atoms with E-state index < -0.39 is 0 Å². The number of anilines is 1. The van der Waals surface area contributed by atoms with Crippen LogP contribution in [0.25, 0.3) is 0 Å². The van der Waals surface area contributed by atoms with E-state index in [0.29, 0.717) is 27.6 Å². The minimum atomic E-state index is 0.308. The Bertz CT molecular complexity index is 817. The van der Waals surface area contributed by atoms with Crippen molar-refractivity contribution in [3.8, 4) is 11.5 Å². The molecule has 0 fully saturated rings. The van der Waals surface area contributed by atoms with Crippen molar-refractivity contribution in [2.24, 2.45) is 0 Å². The first-order chi connectivity index (χ1) is 12.0. The van der Waals surface area contributed by atoms with Crippen LogP contribution in [0.15, 0.2) is 55.0 Å². The fraction of sp³-hybridized carbons (Fsp3) is 0.211. The standard InChI is InChI=1S/C19H19Cl2N3O/c1-13(2)24(11-15-10-22-12-23-15)16-5-8-19(18(21)9-16)25-17-6-3-14(20)4-7-17/h3-10,12-13H,11H2,1-2H3,(H,22,23). The van der Waals surface area contributed by atoms with Gasteiger partial charge in [-0.25, -0.2) is 4.98 Å². The van der Waals surface area contributed by atoms with Crippen molar-refractivity contribution in [3.63, 3.8) is 0 Å². The second-order valence-electron chi connectivity index (χ2n) is 5.97. The molecule has 0 spiro atoms. The molecule has 6 heteroatoms. The summed E-state index contributed by atoms with van der Waals surface area (Å²) in [5, 5.41) is 1.22. The zero-order chi connectivity index (χ0) is 17.8. The first-order valence-electron chi connectivity index (χ1n) is 8.00. The van der Waals surface area contributed by atoms with Crippen LogP contribution < -0.4 is 9.64 Å². The van der Waals surface area contributed by atoms with Gasteiger partial charge in [0.25, 0.3) is 0 Å². The maximum atomic E-state index is 6.44. The van der Waals surface area contributed by atoms with E-state index >= 15 is 0 Å². The molecule has 4 nitrogen and oxygen atoms in total. The Kier molecular flexibility index (Phi) is 5.51. The highest BCUT2D eigenvalue weighted by Gasteiger charge is 2.14. The minimum absolute atomic E-state index is 0.308. The number of rotatable bonds is 6. The number of hydrogen-bond acceptors (Lipinski definition) is 3. The van der Waals surface area contributed by atoms with Crippen LogP contribution in [0, 0.1) is 0 Å². The number of aromatic nitrogens is 2. The molecule has 3 aromatic rings. The quantitative estimate of drug-likeness (QED) is 0.580. The molecular weight excluding hydrogens is 357 g/mol. The Labute approximate surface area is 157 Å². The third kappa shape index (κ3) is 4.47. The van der Waals surface area contributed by atoms with Crippen molar-refractivity contribution >= 4 is 28.9 Å². The van der Waals surface area contributed by atoms with E-state index in [2.05, 4.69) is 28.7 Å². The van der Waals surface area contributed by atoms with Crippen molar-refractivity contribution < 1.29 is 4.74 Å². The van der Waals surface area contributed by atoms with Crippen LogP contribution in [-0.4, -0.2) is 16.0 Å². The topological polar surface area (TPSA) is 41.2 Å². The molecule has 0 unspecified atom stereocenters. The molecule has 0 radical (unpaired) electrons. The highest BCUT2D eigenvalue weighted by molar-refractivity contribution is 6.32. The predicted molar refractivity (Wildman–Crippen MR) is 103 cm³/mol. The molecule has 3 rings (SSSR count). The average molecular weight is 376 g/mol. The molecule has 1 heterocycles. The first kappa shape index (κ1) is 17.6. The van der Waals surface area contributed by atoms with E-state index in [4.69, 9.17) is 27.9 Å². The van der Waals surface area contributed by atoms with E-state index in [-0.39, 0.29) is 0 Å². The zero-order valence-electron chi connectivity index (χ0n) is 14.0. The molecule has 25 heavy (non-hydrogen) atoms. The highest BCUT2D eigenvalue weighted by Crippen LogP contribution is 2.34. The smallest absolute Gasteiger partial charge is 0.146 e. The van der Waals surface area contributed by atoms with Crippen molar-refractivity contribution in [3.05, 3.63) is 70.7 Å². The van der Waals surface area contributed by atoms with E-state index in [1.165, 1.54) is 0 Å². The Hall–Kier alpha value is -2.17. The number of benzene rings is 2. The summed E-state index contributed by atoms with van der Waals surface area (Å²) in [6.07, 6.45) is 3.51. The normalized spacial score (nSPS) is 10.9. The second-order valence-corrected chi connectivity index (χ2v) is 6.81. The van der Waals surface area contributed by atoms with E-state index in [9.17, 15) is 0 Å². The van der Waals surface area contributed by atoms with Gasteiger partial charge in [0.2, 0.25) is 0 Å². The SMILES string of the molecule is CC(C)N(Cc1cnc[nH]1)c1ccc(Oc2ccc(Cl)cc2)c(Cl)c1. The number of hydrogen-bond donors (Lipinski definition) is 1. The summed E-state index contributed by atoms with van der Waals surface area (Å²) in [6.45, 7) is 5.01. The lowest BCUT2D eigenvalue weighted by atomic mass is 10.2. The predicted octanol–water partition coefficient (Wildman–Crippen LogP) is 5.92. The lowest BCUT2D eigenvalue weighted by Crippen LogP contribution is -2.30. The van der Waals surface area contributed by atoms with Gasteiger partial charge in [-0.1, -0.05) is 23.2 Å². The van der Waals surface area contributed by atoms with Gasteiger partial charge in [-0.15, -0.1) is 0 Å². The molecule has 0 aliphatic rings. The molecule has 0 aliphatic heterocycles. The third-order valence-corrected chi connectivity index (χ3v) is 4.35. The lowest BCUT2D eigenvalue weighted by molar-refractivity contribution is 0.483. The summed E-state index contributed by atoms with van der Waals surface area (Å²) in [4.78, 5) is 9.45. The molecule has 0 amide bonds. The Morgan fingerprint density at radius 3 is 2.48 bits per heavy atom. The van der Waals surface area contributed by atoms with Gasteiger partial charge in [-0.3, -0.25) is 0 Å². The number of imidazole rings is 1. The molecule has 0 aliphatic carbocycles. The average Bonchev–Trinajstić information content (AvgIpc) is 3.09. The van der Waals surface area contributed by atoms with Gasteiger partial charge in [0, 0.05) is 22.9 Å². The summed E-state index contributed by atoms with van der Waals surface area (Å²) in [5.41, 5.74) is 2.07. The number of halogens is 2. The van der Waals surface area contributed by atoms with Crippen LogP contribution >= 0.6 is 23.2 Å². The van der Waals surface area contributed by atoms with Crippen LogP contribution in [0.2, 0.25) is 10.0 Å². The summed E-state index contributed by atoms with van der Waals surface area (Å²) < 4.78 is 5.84. The molecule has 1 N–H and O–H groups in total. The summed E-state index contributed by atoms with van der Waals surface area (Å²) in [5.74, 6) is 1.30. The maximum Gasteiger partial charge on any atom is 0.146 e. The third-order valence-electron chi connectivity index (χ3n) is 3.81. The van der Waals surface area contributed by atoms with E-state index in [1.807, 2.05) is 36.5 Å². The zero-order valence-corrected chi connectivity index (χ0v) is 15.6. The summed E-state index contributed by atoms with van der Waals surface area (Å²) in [6, 6.07) is 13.3. The van der Waals surface area contributed by atoms with E-state index in [1.54, 1.807) is 18.5 Å². The summed E-state index contributed by atoms with van der Waals surface area (Å²) in [7, 11) is 0. The molecule has 0 saturated heterocycles. The summed E-state index contributed by atoms with van der Waals surface area (Å²) >= 11 is 12.3. The van der Waals surface area contributed by atoms with Crippen LogP contribution in [0.5, 0.6) is 11.5 Å². The second kappa shape index (κ2) is 7.81. The van der Waals surface area contributed by atoms with Gasteiger partial charge >= 0.3 is 0 Å². The lowest BCUT2D eigenvalue weighted by Gasteiger charge is -2.29. The van der Waals surface area contributed by atoms with E-state index in [0.717, 1.165) is 17.9 Å². The molecule has 0 bridgehead atoms. The number of aromatic amines is 1. The van der Waals surface area contributed by atoms with Crippen molar-refractivity contribution in [2.45, 2.75) is 26.4 Å². The van der Waals surface area contributed by atoms with Crippen LogP contribution in [-0.2, 0) is 6.54 Å². The van der Waals surface area contributed by atoms with Gasteiger partial charge < -0.3 is 14.6 Å². The largest absolute Gasteiger partial charge is 0.456 e. The number of nitrogens with zero attached hydrogens (tertiary/aromatic N) is 2. The molecule has 0 saturated carbocycles. The van der Waals surface area contributed by atoms with Gasteiger partial charge in [0.05, 0.1) is 23.6 Å². The number of H-pyrrole nitrogens is 1. The number of ether oxygens (including phenoxy) is 1. The van der Waals surface area contributed by atoms with Gasteiger partial charge in [0.1, 0.15) is 11.5 Å². The Balaban J connectivity index is 1.80. The van der Waals surface area contributed by atoms with Crippen molar-refractivity contribution in [1.82, 2.24) is 9.97 Å². The van der Waals surface area contributed by atoms with Crippen molar-refractivity contribution in [2.75, 3.05) is 4.90 Å². The molecule has 1 aromatic heterocycles. The van der Waals surface area contributed by atoms with Gasteiger partial charge in [-0.2, -0.15) is 0 Å². The number of nitrogens with one attached hydrogen (secondary N) is 1. The molecule has 0 atom stereocenters. The molecule has 2 aromatic carbocycles. The Morgan fingerprint density at radius 1 is 1.12 bits per heavy atom. The fourth-order valence-electron chi connectivity index (χ4n) is 2.51. The van der Waals surface area contributed by atoms with Crippen LogP contribution in [0.1, 0.15) is 19.5 Å². The fourth-order valence-corrected chi connectivity index (χ4v) is 2.85. The van der Waals surface area contributed by atoms with Crippen molar-refractivity contribution in [1.29, 1.82) is 0 Å².